The Morgan fingerprint density at radius 3 is 2.70 bits per heavy atom. The standard InChI is InChI=1S/C25H26N4O3S/c1-25(14-13-17-8-3-2-4-9-17)23(31)29(24(32)27-25)16-21(30)28-15-7-11-19(28)22-26-18-10-5-6-12-20(18)33-22/h2-6,8-10,12,19H,7,11,13-16H2,1H3,(H,27,32)/t19-,25-/m1/s1. The SMILES string of the molecule is C[C@]1(CCc2ccccc2)NC(=O)N(CC(=O)N2CCC[C@@H]2c2nc3ccccc3s2)C1=O. The lowest BCUT2D eigenvalue weighted by atomic mass is 9.93. The van der Waals surface area contributed by atoms with Crippen molar-refractivity contribution in [3.05, 3.63) is 65.2 Å². The maximum Gasteiger partial charge on any atom is 0.325 e. The van der Waals surface area contributed by atoms with Gasteiger partial charge < -0.3 is 10.2 Å². The van der Waals surface area contributed by atoms with Gasteiger partial charge in [-0.25, -0.2) is 9.78 Å². The van der Waals surface area contributed by atoms with Crippen LogP contribution in [0.25, 0.3) is 10.2 Å². The van der Waals surface area contributed by atoms with Gasteiger partial charge in [-0.3, -0.25) is 14.5 Å². The van der Waals surface area contributed by atoms with Gasteiger partial charge in [0, 0.05) is 6.54 Å². The van der Waals surface area contributed by atoms with E-state index in [4.69, 9.17) is 4.98 Å². The number of aromatic nitrogens is 1. The first-order valence-corrected chi connectivity index (χ1v) is 12.1. The van der Waals surface area contributed by atoms with Crippen LogP contribution in [0.4, 0.5) is 4.79 Å². The summed E-state index contributed by atoms with van der Waals surface area (Å²) < 4.78 is 1.09. The number of benzene rings is 2. The minimum atomic E-state index is -1.01. The van der Waals surface area contributed by atoms with Crippen molar-refractivity contribution < 1.29 is 14.4 Å². The maximum atomic E-state index is 13.2. The van der Waals surface area contributed by atoms with Crippen LogP contribution in [0.1, 0.15) is 42.8 Å². The molecule has 0 radical (unpaired) electrons. The fourth-order valence-electron chi connectivity index (χ4n) is 4.68. The number of rotatable bonds is 6. The van der Waals surface area contributed by atoms with Crippen molar-refractivity contribution in [3.8, 4) is 0 Å². The molecule has 0 saturated carbocycles. The van der Waals surface area contributed by atoms with Crippen LogP contribution < -0.4 is 5.32 Å². The van der Waals surface area contributed by atoms with E-state index in [9.17, 15) is 14.4 Å². The maximum absolute atomic E-state index is 13.2. The number of imide groups is 1. The summed E-state index contributed by atoms with van der Waals surface area (Å²) in [6, 6.07) is 17.2. The van der Waals surface area contributed by atoms with E-state index < -0.39 is 11.6 Å². The number of carbonyl (C=O) groups is 3. The Morgan fingerprint density at radius 2 is 1.91 bits per heavy atom. The summed E-state index contributed by atoms with van der Waals surface area (Å²) in [5.41, 5.74) is 1.02. The van der Waals surface area contributed by atoms with Gasteiger partial charge in [0.25, 0.3) is 5.91 Å². The smallest absolute Gasteiger partial charge is 0.325 e. The Labute approximate surface area is 196 Å². The van der Waals surface area contributed by atoms with Crippen molar-refractivity contribution in [3.63, 3.8) is 0 Å². The van der Waals surface area contributed by atoms with Crippen LogP contribution in [0.2, 0.25) is 0 Å². The molecular formula is C25H26N4O3S. The van der Waals surface area contributed by atoms with Gasteiger partial charge in [-0.2, -0.15) is 0 Å². The van der Waals surface area contributed by atoms with Crippen LogP contribution in [0.15, 0.2) is 54.6 Å². The number of fused-ring (bicyclic) bond motifs is 1. The number of para-hydroxylation sites is 1. The number of likely N-dealkylation sites (tertiary alicyclic amines) is 1. The minimum Gasteiger partial charge on any atom is -0.332 e. The molecule has 2 fully saturated rings. The number of hydrogen-bond acceptors (Lipinski definition) is 5. The zero-order valence-corrected chi connectivity index (χ0v) is 19.3. The average molecular weight is 463 g/mol. The van der Waals surface area contributed by atoms with Crippen molar-refractivity contribution in [2.45, 2.75) is 44.2 Å². The second-order valence-corrected chi connectivity index (χ2v) is 9.97. The first-order chi connectivity index (χ1) is 15.9. The Morgan fingerprint density at radius 1 is 1.15 bits per heavy atom. The fraction of sp³-hybridized carbons (Fsp3) is 0.360. The molecule has 0 bridgehead atoms. The first kappa shape index (κ1) is 21.6. The molecule has 1 aromatic heterocycles. The van der Waals surface area contributed by atoms with Crippen LogP contribution in [-0.2, 0) is 16.0 Å². The van der Waals surface area contributed by atoms with Gasteiger partial charge in [0.15, 0.2) is 0 Å². The van der Waals surface area contributed by atoms with E-state index in [1.165, 1.54) is 0 Å². The molecule has 1 N–H and O–H groups in total. The summed E-state index contributed by atoms with van der Waals surface area (Å²) in [7, 11) is 0. The highest BCUT2D eigenvalue weighted by Crippen LogP contribution is 2.36. The first-order valence-electron chi connectivity index (χ1n) is 11.3. The largest absolute Gasteiger partial charge is 0.332 e. The summed E-state index contributed by atoms with van der Waals surface area (Å²) in [6.07, 6.45) is 2.85. The van der Waals surface area contributed by atoms with Crippen LogP contribution in [0.5, 0.6) is 0 Å². The van der Waals surface area contributed by atoms with Crippen LogP contribution >= 0.6 is 11.3 Å². The molecule has 2 aliphatic heterocycles. The van der Waals surface area contributed by atoms with Gasteiger partial charge in [-0.15, -0.1) is 11.3 Å². The lowest BCUT2D eigenvalue weighted by Gasteiger charge is -2.25. The van der Waals surface area contributed by atoms with Crippen LogP contribution in [0, 0.1) is 0 Å². The quantitative estimate of drug-likeness (QED) is 0.563. The molecule has 3 heterocycles. The van der Waals surface area contributed by atoms with Gasteiger partial charge >= 0.3 is 6.03 Å². The van der Waals surface area contributed by atoms with Crippen LogP contribution in [0.3, 0.4) is 0 Å². The zero-order chi connectivity index (χ0) is 23.0. The lowest BCUT2D eigenvalue weighted by Crippen LogP contribution is -2.46. The average Bonchev–Trinajstić information content (AvgIpc) is 3.52. The minimum absolute atomic E-state index is 0.111. The van der Waals surface area contributed by atoms with E-state index in [0.717, 1.165) is 38.5 Å². The summed E-state index contributed by atoms with van der Waals surface area (Å²) in [5, 5.41) is 3.72. The summed E-state index contributed by atoms with van der Waals surface area (Å²) in [5.74, 6) is -0.555. The van der Waals surface area contributed by atoms with Crippen molar-refractivity contribution in [1.29, 1.82) is 0 Å². The van der Waals surface area contributed by atoms with E-state index in [0.29, 0.717) is 19.4 Å². The Kier molecular flexibility index (Phi) is 5.62. The highest BCUT2D eigenvalue weighted by Gasteiger charge is 2.48. The molecule has 0 unspecified atom stereocenters. The van der Waals surface area contributed by atoms with E-state index in [-0.39, 0.29) is 24.4 Å². The normalized spacial score (nSPS) is 22.9. The molecule has 170 valence electrons. The molecule has 2 atom stereocenters. The van der Waals surface area contributed by atoms with Crippen molar-refractivity contribution in [2.24, 2.45) is 0 Å². The van der Waals surface area contributed by atoms with Gasteiger partial charge in [0.05, 0.1) is 16.3 Å². The number of carbonyl (C=O) groups excluding carboxylic acids is 3. The van der Waals surface area contributed by atoms with Gasteiger partial charge in [0.2, 0.25) is 5.91 Å². The van der Waals surface area contributed by atoms with Crippen molar-refractivity contribution >= 4 is 39.4 Å². The summed E-state index contributed by atoms with van der Waals surface area (Å²) in [4.78, 5) is 46.6. The van der Waals surface area contributed by atoms with Gasteiger partial charge in [-0.1, -0.05) is 42.5 Å². The molecule has 33 heavy (non-hydrogen) atoms. The van der Waals surface area contributed by atoms with Gasteiger partial charge in [0.1, 0.15) is 17.1 Å². The van der Waals surface area contributed by atoms with E-state index in [1.807, 2.05) is 54.6 Å². The van der Waals surface area contributed by atoms with Crippen LogP contribution in [-0.4, -0.2) is 51.3 Å². The molecular weight excluding hydrogens is 436 g/mol. The number of nitrogens with one attached hydrogen (secondary N) is 1. The highest BCUT2D eigenvalue weighted by molar-refractivity contribution is 7.18. The number of amides is 4. The van der Waals surface area contributed by atoms with E-state index in [2.05, 4.69) is 5.32 Å². The predicted molar refractivity (Wildman–Crippen MR) is 127 cm³/mol. The number of aryl methyl sites for hydroxylation is 1. The molecule has 7 nitrogen and oxygen atoms in total. The van der Waals surface area contributed by atoms with Gasteiger partial charge in [-0.05, 0) is 50.3 Å². The third-order valence-electron chi connectivity index (χ3n) is 6.56. The predicted octanol–water partition coefficient (Wildman–Crippen LogP) is 3.90. The molecule has 3 aromatic rings. The molecule has 2 aliphatic rings. The molecule has 4 amide bonds. The zero-order valence-electron chi connectivity index (χ0n) is 18.5. The molecule has 8 heteroatoms. The molecule has 2 saturated heterocycles. The Hall–Kier alpha value is -3.26. The second-order valence-electron chi connectivity index (χ2n) is 8.90. The Balaban J connectivity index is 1.27. The van der Waals surface area contributed by atoms with Crippen molar-refractivity contribution in [2.75, 3.05) is 13.1 Å². The molecule has 5 rings (SSSR count). The highest BCUT2D eigenvalue weighted by atomic mass is 32.1. The second kappa shape index (κ2) is 8.59. The number of hydrogen-bond donors (Lipinski definition) is 1. The number of thiazole rings is 1. The number of nitrogens with zero attached hydrogens (tertiary/aromatic N) is 3. The summed E-state index contributed by atoms with van der Waals surface area (Å²) >= 11 is 1.60. The molecule has 0 spiro atoms. The fourth-order valence-corrected chi connectivity index (χ4v) is 5.80. The van der Waals surface area contributed by atoms with E-state index in [1.54, 1.807) is 23.2 Å². The van der Waals surface area contributed by atoms with E-state index >= 15 is 0 Å². The molecule has 2 aromatic carbocycles. The Bertz CT molecular complexity index is 1180. The number of urea groups is 1. The third-order valence-corrected chi connectivity index (χ3v) is 7.70. The van der Waals surface area contributed by atoms with Crippen molar-refractivity contribution in [1.82, 2.24) is 20.1 Å². The summed E-state index contributed by atoms with van der Waals surface area (Å²) in [6.45, 7) is 2.10. The lowest BCUT2D eigenvalue weighted by molar-refractivity contribution is -0.139. The third kappa shape index (κ3) is 4.11. The topological polar surface area (TPSA) is 82.6 Å². The molecule has 0 aliphatic carbocycles. The monoisotopic (exact) mass is 462 g/mol.